The fraction of sp³-hybridized carbons (Fsp3) is 0. The van der Waals surface area contributed by atoms with E-state index in [1.807, 2.05) is 0 Å². The Morgan fingerprint density at radius 3 is 2.75 bits per heavy atom. The third kappa shape index (κ3) is 2.59. The molecule has 6 heteroatoms. The van der Waals surface area contributed by atoms with Gasteiger partial charge in [0, 0.05) is 24.5 Å². The Labute approximate surface area is 101 Å². The summed E-state index contributed by atoms with van der Waals surface area (Å²) in [6.07, 6.45) is 2.65. The molecular weight excluding hydrogens is 254 g/mol. The van der Waals surface area contributed by atoms with Crippen LogP contribution in [0.25, 0.3) is 0 Å². The largest absolute Gasteiger partial charge is 0.452 e. The molecule has 82 valence electrons. The van der Waals surface area contributed by atoms with Gasteiger partial charge in [-0.3, -0.25) is 0 Å². The van der Waals surface area contributed by atoms with Gasteiger partial charge in [-0.05, 0) is 6.07 Å². The van der Waals surface area contributed by atoms with Gasteiger partial charge in [-0.25, -0.2) is 9.97 Å². The van der Waals surface area contributed by atoms with Gasteiger partial charge in [0.15, 0.2) is 5.75 Å². The molecule has 2 aromatic heterocycles. The lowest BCUT2D eigenvalue weighted by Gasteiger charge is -2.06. The van der Waals surface area contributed by atoms with Crippen LogP contribution in [-0.4, -0.2) is 9.97 Å². The van der Waals surface area contributed by atoms with Crippen LogP contribution >= 0.6 is 23.2 Å². The van der Waals surface area contributed by atoms with Crippen molar-refractivity contribution in [3.63, 3.8) is 0 Å². The summed E-state index contributed by atoms with van der Waals surface area (Å²) >= 11 is 11.3. The predicted octanol–water partition coefficient (Wildman–Crippen LogP) is 3.71. The summed E-state index contributed by atoms with van der Waals surface area (Å²) in [6.45, 7) is 0. The molecule has 3 nitrogen and oxygen atoms in total. The van der Waals surface area contributed by atoms with Crippen LogP contribution in [0.2, 0.25) is 10.2 Å². The number of hydrogen-bond donors (Lipinski definition) is 0. The van der Waals surface area contributed by atoms with Crippen molar-refractivity contribution in [2.45, 2.75) is 0 Å². The van der Waals surface area contributed by atoms with Crippen LogP contribution in [0.1, 0.15) is 0 Å². The van der Waals surface area contributed by atoms with Gasteiger partial charge in [-0.1, -0.05) is 23.2 Å². The van der Waals surface area contributed by atoms with E-state index in [4.69, 9.17) is 27.9 Å². The van der Waals surface area contributed by atoms with Crippen molar-refractivity contribution in [2.75, 3.05) is 0 Å². The lowest BCUT2D eigenvalue weighted by Crippen LogP contribution is -1.91. The van der Waals surface area contributed by atoms with Gasteiger partial charge in [0.05, 0.1) is 5.02 Å². The quantitative estimate of drug-likeness (QED) is 0.771. The van der Waals surface area contributed by atoms with E-state index in [0.717, 1.165) is 0 Å². The molecule has 2 rings (SSSR count). The first-order chi connectivity index (χ1) is 7.65. The number of aromatic nitrogens is 2. The molecule has 0 fully saturated rings. The number of hydrogen-bond acceptors (Lipinski definition) is 3. The maximum absolute atomic E-state index is 13.2. The molecule has 0 radical (unpaired) electrons. The summed E-state index contributed by atoms with van der Waals surface area (Å²) in [5, 5.41) is 0.546. The summed E-state index contributed by atoms with van der Waals surface area (Å²) in [7, 11) is 0. The molecule has 0 bridgehead atoms. The highest BCUT2D eigenvalue weighted by molar-refractivity contribution is 6.30. The van der Waals surface area contributed by atoms with Crippen molar-refractivity contribution < 1.29 is 9.13 Å². The van der Waals surface area contributed by atoms with E-state index in [1.54, 1.807) is 6.07 Å². The average Bonchev–Trinajstić information content (AvgIpc) is 2.24. The zero-order valence-electron chi connectivity index (χ0n) is 7.82. The van der Waals surface area contributed by atoms with Gasteiger partial charge in [0.1, 0.15) is 10.9 Å². The van der Waals surface area contributed by atoms with E-state index < -0.39 is 5.95 Å². The number of halogens is 3. The van der Waals surface area contributed by atoms with Gasteiger partial charge in [-0.2, -0.15) is 4.39 Å². The van der Waals surface area contributed by atoms with E-state index in [0.29, 0.717) is 5.75 Å². The van der Waals surface area contributed by atoms with Crippen LogP contribution in [-0.2, 0) is 0 Å². The Morgan fingerprint density at radius 1 is 1.19 bits per heavy atom. The molecule has 0 atom stereocenters. The molecule has 0 aromatic carbocycles. The van der Waals surface area contributed by atoms with Crippen molar-refractivity contribution in [1.29, 1.82) is 0 Å². The molecule has 0 saturated carbocycles. The number of nitrogens with zero attached hydrogens (tertiary/aromatic N) is 2. The van der Waals surface area contributed by atoms with Gasteiger partial charge in [-0.15, -0.1) is 0 Å². The van der Waals surface area contributed by atoms with Gasteiger partial charge >= 0.3 is 0 Å². The highest BCUT2D eigenvalue weighted by atomic mass is 35.5. The van der Waals surface area contributed by atoms with Crippen LogP contribution in [0.4, 0.5) is 4.39 Å². The number of pyridine rings is 2. The third-order valence-electron chi connectivity index (χ3n) is 1.70. The minimum absolute atomic E-state index is 0.0604. The maximum atomic E-state index is 13.2. The van der Waals surface area contributed by atoms with Gasteiger partial charge < -0.3 is 4.74 Å². The van der Waals surface area contributed by atoms with Crippen LogP contribution in [0.5, 0.6) is 11.5 Å². The molecule has 0 aliphatic rings. The molecule has 0 aliphatic carbocycles. The molecule has 16 heavy (non-hydrogen) atoms. The first-order valence-electron chi connectivity index (χ1n) is 4.25. The second-order valence-corrected chi connectivity index (χ2v) is 3.68. The summed E-state index contributed by atoms with van der Waals surface area (Å²) in [5.41, 5.74) is 0. The minimum Gasteiger partial charge on any atom is -0.452 e. The summed E-state index contributed by atoms with van der Waals surface area (Å²) < 4.78 is 18.4. The maximum Gasteiger partial charge on any atom is 0.255 e. The fourth-order valence-corrected chi connectivity index (χ4v) is 1.36. The second-order valence-electron chi connectivity index (χ2n) is 2.86. The molecule has 2 heterocycles. The van der Waals surface area contributed by atoms with E-state index >= 15 is 0 Å². The molecule has 0 saturated heterocycles. The zero-order valence-corrected chi connectivity index (χ0v) is 9.34. The Hall–Kier alpha value is -1.39. The minimum atomic E-state index is -0.739. The summed E-state index contributed by atoms with van der Waals surface area (Å²) in [6, 6.07) is 4.34. The lowest BCUT2D eigenvalue weighted by molar-refractivity contribution is 0.428. The van der Waals surface area contributed by atoms with Gasteiger partial charge in [0.2, 0.25) is 0 Å². The highest BCUT2D eigenvalue weighted by Crippen LogP contribution is 2.26. The smallest absolute Gasteiger partial charge is 0.255 e. The van der Waals surface area contributed by atoms with Crippen molar-refractivity contribution in [2.24, 2.45) is 0 Å². The number of rotatable bonds is 2. The molecule has 0 amide bonds. The zero-order chi connectivity index (χ0) is 11.5. The van der Waals surface area contributed by atoms with E-state index in [9.17, 15) is 4.39 Å². The molecule has 2 aromatic rings. The van der Waals surface area contributed by atoms with Crippen LogP contribution in [0.15, 0.2) is 30.6 Å². The molecule has 0 aliphatic heterocycles. The Bertz CT molecular complexity index is 522. The van der Waals surface area contributed by atoms with Crippen LogP contribution in [0, 0.1) is 5.95 Å². The summed E-state index contributed by atoms with van der Waals surface area (Å²) in [5.74, 6) is -0.435. The topological polar surface area (TPSA) is 35.0 Å². The summed E-state index contributed by atoms with van der Waals surface area (Å²) in [4.78, 5) is 7.20. The van der Waals surface area contributed by atoms with E-state index in [2.05, 4.69) is 9.97 Å². The second kappa shape index (κ2) is 4.63. The van der Waals surface area contributed by atoms with Crippen molar-refractivity contribution >= 4 is 23.2 Å². The Balaban J connectivity index is 2.30. The normalized spacial score (nSPS) is 10.2. The van der Waals surface area contributed by atoms with Crippen LogP contribution < -0.4 is 4.74 Å². The molecule has 0 unspecified atom stereocenters. The van der Waals surface area contributed by atoms with E-state index in [-0.39, 0.29) is 15.9 Å². The molecule has 0 N–H and O–H groups in total. The first-order valence-corrected chi connectivity index (χ1v) is 5.01. The fourth-order valence-electron chi connectivity index (χ4n) is 1.05. The Morgan fingerprint density at radius 2 is 2.00 bits per heavy atom. The number of ether oxygens (including phenoxy) is 1. The monoisotopic (exact) mass is 258 g/mol. The van der Waals surface area contributed by atoms with Gasteiger partial charge in [0.25, 0.3) is 5.95 Å². The van der Waals surface area contributed by atoms with E-state index in [1.165, 1.54) is 24.5 Å². The van der Waals surface area contributed by atoms with Crippen molar-refractivity contribution in [3.8, 4) is 11.5 Å². The SMILES string of the molecule is Fc1ncc(Cl)cc1Oc1ccnc(Cl)c1. The van der Waals surface area contributed by atoms with Crippen molar-refractivity contribution in [3.05, 3.63) is 46.7 Å². The molecular formula is C10H5Cl2FN2O. The lowest BCUT2D eigenvalue weighted by atomic mass is 10.4. The highest BCUT2D eigenvalue weighted by Gasteiger charge is 2.07. The predicted molar refractivity (Wildman–Crippen MR) is 58.5 cm³/mol. The Kier molecular flexibility index (Phi) is 3.22. The third-order valence-corrected chi connectivity index (χ3v) is 2.11. The van der Waals surface area contributed by atoms with Crippen LogP contribution in [0.3, 0.4) is 0 Å². The van der Waals surface area contributed by atoms with Crippen molar-refractivity contribution in [1.82, 2.24) is 9.97 Å². The standard InChI is InChI=1S/C10H5Cl2FN2O/c11-6-3-8(10(13)15-5-6)16-7-1-2-14-9(12)4-7/h1-5H. The first kappa shape index (κ1) is 11.1. The molecule has 0 spiro atoms. The average molecular weight is 259 g/mol.